The van der Waals surface area contributed by atoms with Gasteiger partial charge >= 0.3 is 0 Å². The molecule has 0 radical (unpaired) electrons. The molecule has 2 N–H and O–H groups in total. The van der Waals surface area contributed by atoms with Gasteiger partial charge in [0, 0.05) is 19.6 Å². The normalized spacial score (nSPS) is 22.5. The Morgan fingerprint density at radius 2 is 2.33 bits per heavy atom. The average Bonchev–Trinajstić information content (AvgIpc) is 2.71. The lowest BCUT2D eigenvalue weighted by Gasteiger charge is -2.33. The zero-order valence-electron chi connectivity index (χ0n) is 8.94. The number of hydrogen-bond donors (Lipinski definition) is 2. The van der Waals surface area contributed by atoms with Crippen LogP contribution in [-0.4, -0.2) is 52.8 Å². The van der Waals surface area contributed by atoms with Crippen molar-refractivity contribution in [1.29, 1.82) is 0 Å². The molecule has 1 saturated heterocycles. The molecule has 15 heavy (non-hydrogen) atoms. The van der Waals surface area contributed by atoms with Gasteiger partial charge in [0.25, 0.3) is 0 Å². The number of hydrogen-bond acceptors (Lipinski definition) is 4. The van der Waals surface area contributed by atoms with E-state index in [0.29, 0.717) is 6.54 Å². The highest BCUT2D eigenvalue weighted by molar-refractivity contribution is 5.07. The topological polar surface area (TPSA) is 61.4 Å². The molecule has 0 bridgehead atoms. The van der Waals surface area contributed by atoms with Gasteiger partial charge in [-0.2, -0.15) is 0 Å². The van der Waals surface area contributed by atoms with E-state index in [0.717, 1.165) is 32.0 Å². The number of aromatic nitrogens is 2. The van der Waals surface area contributed by atoms with E-state index in [1.807, 2.05) is 0 Å². The first-order valence-electron chi connectivity index (χ1n) is 5.20. The van der Waals surface area contributed by atoms with E-state index < -0.39 is 5.60 Å². The lowest BCUT2D eigenvalue weighted by Crippen LogP contribution is -2.44. The van der Waals surface area contributed by atoms with Crippen LogP contribution in [0.25, 0.3) is 0 Å². The zero-order valence-corrected chi connectivity index (χ0v) is 8.94. The fourth-order valence-electron chi connectivity index (χ4n) is 1.83. The van der Waals surface area contributed by atoms with Crippen LogP contribution in [0.5, 0.6) is 0 Å². The molecule has 0 amide bonds. The minimum absolute atomic E-state index is 0.610. The van der Waals surface area contributed by atoms with E-state index in [1.54, 1.807) is 19.4 Å². The fourth-order valence-corrected chi connectivity index (χ4v) is 1.83. The molecule has 1 aliphatic rings. The van der Waals surface area contributed by atoms with Crippen LogP contribution in [0.1, 0.15) is 12.6 Å². The Hall–Kier alpha value is -0.910. The van der Waals surface area contributed by atoms with Crippen molar-refractivity contribution in [2.45, 2.75) is 12.5 Å². The summed E-state index contributed by atoms with van der Waals surface area (Å²) in [5.74, 6) is 0. The summed E-state index contributed by atoms with van der Waals surface area (Å²) >= 11 is 0. The summed E-state index contributed by atoms with van der Waals surface area (Å²) in [7, 11) is 0. The van der Waals surface area contributed by atoms with Gasteiger partial charge in [0.1, 0.15) is 5.60 Å². The molecule has 0 spiro atoms. The number of morpholine rings is 1. The van der Waals surface area contributed by atoms with Crippen molar-refractivity contribution in [1.82, 2.24) is 14.9 Å². The number of nitrogens with zero attached hydrogens (tertiary/aromatic N) is 2. The Morgan fingerprint density at radius 1 is 1.60 bits per heavy atom. The van der Waals surface area contributed by atoms with Crippen molar-refractivity contribution in [3.8, 4) is 0 Å². The van der Waals surface area contributed by atoms with Crippen LogP contribution >= 0.6 is 0 Å². The van der Waals surface area contributed by atoms with Gasteiger partial charge in [-0.1, -0.05) is 0 Å². The van der Waals surface area contributed by atoms with Crippen LogP contribution in [0.2, 0.25) is 0 Å². The predicted octanol–water partition coefficient (Wildman–Crippen LogP) is -0.0506. The molecule has 1 atom stereocenters. The molecule has 1 fully saturated rings. The summed E-state index contributed by atoms with van der Waals surface area (Å²) in [6, 6.07) is 0. The van der Waals surface area contributed by atoms with Crippen molar-refractivity contribution in [3.05, 3.63) is 18.2 Å². The summed E-state index contributed by atoms with van der Waals surface area (Å²) in [6.45, 7) is 5.67. The van der Waals surface area contributed by atoms with Crippen LogP contribution in [0.3, 0.4) is 0 Å². The first-order chi connectivity index (χ1) is 7.18. The molecule has 1 unspecified atom stereocenters. The second-order valence-electron chi connectivity index (χ2n) is 4.13. The van der Waals surface area contributed by atoms with Crippen molar-refractivity contribution in [2.75, 3.05) is 32.8 Å². The predicted molar refractivity (Wildman–Crippen MR) is 55.4 cm³/mol. The molecular formula is C10H17N3O2. The summed E-state index contributed by atoms with van der Waals surface area (Å²) < 4.78 is 5.26. The highest BCUT2D eigenvalue weighted by atomic mass is 16.5. The number of β-amino-alcohol motifs (C(OH)–C–C–N with tert-alkyl or cyclic N) is 1. The van der Waals surface area contributed by atoms with Crippen molar-refractivity contribution in [3.63, 3.8) is 0 Å². The Labute approximate surface area is 89.1 Å². The van der Waals surface area contributed by atoms with E-state index in [4.69, 9.17) is 4.74 Å². The first kappa shape index (κ1) is 10.6. The van der Waals surface area contributed by atoms with E-state index in [9.17, 15) is 5.11 Å². The standard InChI is InChI=1S/C10H17N3O2/c1-10(14,9-6-11-8-12-9)7-13-2-4-15-5-3-13/h6,8,14H,2-5,7H2,1H3,(H,11,12). The molecule has 1 aliphatic heterocycles. The Bertz CT molecular complexity index is 292. The van der Waals surface area contributed by atoms with E-state index in [-0.39, 0.29) is 0 Å². The third kappa shape index (κ3) is 2.56. The molecular weight excluding hydrogens is 194 g/mol. The smallest absolute Gasteiger partial charge is 0.116 e. The maximum Gasteiger partial charge on any atom is 0.116 e. The molecule has 0 saturated carbocycles. The van der Waals surface area contributed by atoms with Crippen LogP contribution in [-0.2, 0) is 10.3 Å². The van der Waals surface area contributed by atoms with E-state index in [2.05, 4.69) is 14.9 Å². The fraction of sp³-hybridized carbons (Fsp3) is 0.700. The second-order valence-corrected chi connectivity index (χ2v) is 4.13. The molecule has 84 valence electrons. The molecule has 5 heteroatoms. The van der Waals surface area contributed by atoms with Crippen molar-refractivity contribution in [2.24, 2.45) is 0 Å². The number of ether oxygens (including phenoxy) is 1. The minimum atomic E-state index is -0.867. The van der Waals surface area contributed by atoms with Gasteiger partial charge in [-0.05, 0) is 6.92 Å². The van der Waals surface area contributed by atoms with E-state index >= 15 is 0 Å². The SMILES string of the molecule is CC(O)(CN1CCOCC1)c1cnc[nH]1. The zero-order chi connectivity index (χ0) is 10.7. The lowest BCUT2D eigenvalue weighted by molar-refractivity contribution is -0.0272. The quantitative estimate of drug-likeness (QED) is 0.736. The molecule has 2 heterocycles. The Balaban J connectivity index is 1.97. The minimum Gasteiger partial charge on any atom is -0.383 e. The van der Waals surface area contributed by atoms with Gasteiger partial charge < -0.3 is 14.8 Å². The maximum absolute atomic E-state index is 10.3. The van der Waals surface area contributed by atoms with Gasteiger partial charge in [-0.3, -0.25) is 4.90 Å². The van der Waals surface area contributed by atoms with Gasteiger partial charge in [-0.15, -0.1) is 0 Å². The molecule has 0 aromatic carbocycles. The second kappa shape index (κ2) is 4.30. The van der Waals surface area contributed by atoms with Crippen molar-refractivity contribution >= 4 is 0 Å². The average molecular weight is 211 g/mol. The van der Waals surface area contributed by atoms with Crippen LogP contribution < -0.4 is 0 Å². The molecule has 5 nitrogen and oxygen atoms in total. The van der Waals surface area contributed by atoms with Crippen molar-refractivity contribution < 1.29 is 9.84 Å². The summed E-state index contributed by atoms with van der Waals surface area (Å²) in [5, 5.41) is 10.3. The van der Waals surface area contributed by atoms with Crippen LogP contribution in [0, 0.1) is 0 Å². The monoisotopic (exact) mass is 211 g/mol. The Kier molecular flexibility index (Phi) is 3.04. The summed E-state index contributed by atoms with van der Waals surface area (Å²) in [4.78, 5) is 9.07. The third-order valence-corrected chi connectivity index (χ3v) is 2.71. The van der Waals surface area contributed by atoms with Crippen LogP contribution in [0.4, 0.5) is 0 Å². The highest BCUT2D eigenvalue weighted by Gasteiger charge is 2.28. The van der Waals surface area contributed by atoms with Gasteiger partial charge in [0.15, 0.2) is 0 Å². The highest BCUT2D eigenvalue weighted by Crippen LogP contribution is 2.19. The largest absolute Gasteiger partial charge is 0.383 e. The number of aliphatic hydroxyl groups is 1. The van der Waals surface area contributed by atoms with E-state index in [1.165, 1.54) is 0 Å². The van der Waals surface area contributed by atoms with Gasteiger partial charge in [0.2, 0.25) is 0 Å². The lowest BCUT2D eigenvalue weighted by atomic mass is 10.0. The van der Waals surface area contributed by atoms with Gasteiger partial charge in [0.05, 0.1) is 31.4 Å². The number of aromatic amines is 1. The first-order valence-corrected chi connectivity index (χ1v) is 5.20. The summed E-state index contributed by atoms with van der Waals surface area (Å²) in [6.07, 6.45) is 3.25. The molecule has 1 aromatic rings. The Morgan fingerprint density at radius 3 is 2.93 bits per heavy atom. The summed E-state index contributed by atoms with van der Waals surface area (Å²) in [5.41, 5.74) is -0.109. The number of H-pyrrole nitrogens is 1. The number of rotatable bonds is 3. The number of nitrogens with one attached hydrogen (secondary N) is 1. The third-order valence-electron chi connectivity index (χ3n) is 2.71. The van der Waals surface area contributed by atoms with Gasteiger partial charge in [-0.25, -0.2) is 4.98 Å². The van der Waals surface area contributed by atoms with Crippen LogP contribution in [0.15, 0.2) is 12.5 Å². The molecule has 0 aliphatic carbocycles. The molecule has 1 aromatic heterocycles. The molecule has 2 rings (SSSR count). The maximum atomic E-state index is 10.3. The number of imidazole rings is 1.